The second-order valence-electron chi connectivity index (χ2n) is 14.2. The van der Waals surface area contributed by atoms with Crippen molar-refractivity contribution in [2.45, 2.75) is 58.2 Å². The molecule has 4 aromatic heterocycles. The van der Waals surface area contributed by atoms with Crippen molar-refractivity contribution in [1.29, 1.82) is 0 Å². The summed E-state index contributed by atoms with van der Waals surface area (Å²) in [5.74, 6) is -1.09. The van der Waals surface area contributed by atoms with E-state index < -0.39 is 29.5 Å². The van der Waals surface area contributed by atoms with E-state index in [1.807, 2.05) is 0 Å². The average molecular weight is 670 g/mol. The van der Waals surface area contributed by atoms with Crippen molar-refractivity contribution < 1.29 is 23.8 Å². The van der Waals surface area contributed by atoms with Crippen LogP contribution in [0, 0.1) is 11.7 Å². The van der Waals surface area contributed by atoms with E-state index in [0.29, 0.717) is 51.1 Å². The summed E-state index contributed by atoms with van der Waals surface area (Å²) in [7, 11) is 3.66. The molecule has 0 spiro atoms. The number of likely N-dealkylation sites (N-methyl/N-ethyl adjacent to an activating group) is 1. The van der Waals surface area contributed by atoms with Crippen LogP contribution < -0.4 is 15.2 Å². The van der Waals surface area contributed by atoms with E-state index in [1.54, 1.807) is 53.2 Å². The van der Waals surface area contributed by atoms with Crippen LogP contribution >= 0.6 is 0 Å². The number of carbonyl (C=O) groups excluding carboxylic acids is 1. The van der Waals surface area contributed by atoms with Crippen LogP contribution in [0.4, 0.5) is 20.6 Å². The zero-order valence-corrected chi connectivity index (χ0v) is 28.5. The first-order valence-corrected chi connectivity index (χ1v) is 16.6. The molecule has 2 saturated heterocycles. The third kappa shape index (κ3) is 5.55. The molecule has 0 saturated carbocycles. The van der Waals surface area contributed by atoms with Crippen LogP contribution in [0.15, 0.2) is 47.7 Å². The Balaban J connectivity index is 1.48. The number of halogens is 1. The summed E-state index contributed by atoms with van der Waals surface area (Å²) in [5.41, 5.74) is 2.81. The van der Waals surface area contributed by atoms with Gasteiger partial charge in [-0.05, 0) is 64.8 Å². The van der Waals surface area contributed by atoms with Crippen molar-refractivity contribution in [2.24, 2.45) is 5.92 Å². The summed E-state index contributed by atoms with van der Waals surface area (Å²) >= 11 is 0. The van der Waals surface area contributed by atoms with E-state index in [1.165, 1.54) is 33.9 Å². The Labute approximate surface area is 282 Å². The molecule has 0 aliphatic carbocycles. The van der Waals surface area contributed by atoms with Crippen LogP contribution in [0.5, 0.6) is 0 Å². The van der Waals surface area contributed by atoms with Gasteiger partial charge in [-0.1, -0.05) is 6.92 Å². The molecule has 5 aromatic rings. The summed E-state index contributed by atoms with van der Waals surface area (Å²) in [5, 5.41) is 11.4. The van der Waals surface area contributed by atoms with Crippen LogP contribution in [-0.4, -0.2) is 87.0 Å². The van der Waals surface area contributed by atoms with Gasteiger partial charge in [0.15, 0.2) is 5.43 Å². The number of fused-ring (bicyclic) bond motifs is 5. The molecule has 2 N–H and O–H groups in total. The Morgan fingerprint density at radius 2 is 1.94 bits per heavy atom. The fourth-order valence-corrected chi connectivity index (χ4v) is 7.59. The molecule has 49 heavy (non-hydrogen) atoms. The lowest BCUT2D eigenvalue weighted by Crippen LogP contribution is -2.35. The van der Waals surface area contributed by atoms with Crippen LogP contribution in [0.25, 0.3) is 44.1 Å². The lowest BCUT2D eigenvalue weighted by Gasteiger charge is -2.29. The number of hydrogen-bond donors (Lipinski definition) is 2. The van der Waals surface area contributed by atoms with E-state index >= 15 is 4.39 Å². The van der Waals surface area contributed by atoms with Gasteiger partial charge in [-0.3, -0.25) is 9.69 Å². The van der Waals surface area contributed by atoms with Gasteiger partial charge in [0.05, 0.1) is 27.7 Å². The molecule has 7 rings (SSSR count). The number of carboxylic acid groups (broad SMARTS) is 1. The van der Waals surface area contributed by atoms with Crippen LogP contribution in [0.1, 0.15) is 46.6 Å². The number of nitrogens with one attached hydrogen (secondary N) is 1. The Hall–Kier alpha value is -5.04. The number of benzene rings is 1. The summed E-state index contributed by atoms with van der Waals surface area (Å²) < 4.78 is 22.7. The third-order valence-corrected chi connectivity index (χ3v) is 9.77. The third-order valence-electron chi connectivity index (χ3n) is 9.77. The number of nitrogens with zero attached hydrogens (tertiary/aromatic N) is 6. The minimum absolute atomic E-state index is 0.197. The molecule has 0 bridgehead atoms. The number of rotatable bonds is 6. The molecule has 1 amide bonds. The van der Waals surface area contributed by atoms with E-state index in [9.17, 15) is 19.5 Å². The highest BCUT2D eigenvalue weighted by atomic mass is 19.1. The molecule has 12 nitrogen and oxygen atoms in total. The number of pyridine rings is 3. The lowest BCUT2D eigenvalue weighted by molar-refractivity contribution is -0.140. The maximum absolute atomic E-state index is 15.5. The Bertz CT molecular complexity index is 2210. The molecule has 6 heterocycles. The molecule has 0 radical (unpaired) electrons. The largest absolute Gasteiger partial charge is 0.480 e. The highest BCUT2D eigenvalue weighted by Gasteiger charge is 2.42. The number of aromatic amines is 1. The van der Waals surface area contributed by atoms with E-state index in [0.717, 1.165) is 31.7 Å². The number of aromatic nitrogens is 4. The van der Waals surface area contributed by atoms with Gasteiger partial charge in [-0.2, -0.15) is 0 Å². The summed E-state index contributed by atoms with van der Waals surface area (Å²) in [6, 6.07) is 5.19. The molecule has 2 aliphatic rings. The highest BCUT2D eigenvalue weighted by molar-refractivity contribution is 6.19. The minimum atomic E-state index is -1.01. The van der Waals surface area contributed by atoms with Crippen LogP contribution in [0.2, 0.25) is 0 Å². The number of H-pyrrole nitrogens is 1. The van der Waals surface area contributed by atoms with Crippen molar-refractivity contribution in [3.05, 3.63) is 58.9 Å². The lowest BCUT2D eigenvalue weighted by atomic mass is 10.00. The maximum atomic E-state index is 15.5. The number of hydrogen-bond acceptors (Lipinski definition) is 8. The van der Waals surface area contributed by atoms with Crippen molar-refractivity contribution in [3.8, 4) is 11.1 Å². The van der Waals surface area contributed by atoms with Gasteiger partial charge < -0.3 is 29.2 Å². The predicted molar refractivity (Wildman–Crippen MR) is 187 cm³/mol. The molecule has 256 valence electrons. The number of aliphatic carboxylic acids is 1. The Morgan fingerprint density at radius 1 is 1.16 bits per heavy atom. The van der Waals surface area contributed by atoms with Gasteiger partial charge >= 0.3 is 12.1 Å². The second kappa shape index (κ2) is 11.8. The summed E-state index contributed by atoms with van der Waals surface area (Å²) in [6.45, 7) is 9.69. The first-order chi connectivity index (χ1) is 23.3. The number of likely N-dealkylation sites (tertiary alicyclic amines) is 1. The highest BCUT2D eigenvalue weighted by Crippen LogP contribution is 2.46. The molecule has 1 unspecified atom stereocenters. The zero-order valence-electron chi connectivity index (χ0n) is 28.5. The second-order valence-corrected chi connectivity index (χ2v) is 14.2. The summed E-state index contributed by atoms with van der Waals surface area (Å²) in [4.78, 5) is 57.2. The molecule has 2 aliphatic heterocycles. The van der Waals surface area contributed by atoms with E-state index in [2.05, 4.69) is 26.8 Å². The smallest absolute Gasteiger partial charge is 0.414 e. The first kappa shape index (κ1) is 32.5. The Kier molecular flexibility index (Phi) is 7.85. The van der Waals surface area contributed by atoms with Crippen molar-refractivity contribution >= 4 is 56.4 Å². The van der Waals surface area contributed by atoms with Gasteiger partial charge in [0.2, 0.25) is 0 Å². The normalized spacial score (nSPS) is 18.8. The fourth-order valence-electron chi connectivity index (χ4n) is 7.59. The monoisotopic (exact) mass is 669 g/mol. The number of anilines is 2. The molecular weight excluding hydrogens is 629 g/mol. The number of ether oxygens (including phenoxy) is 1. The van der Waals surface area contributed by atoms with Crippen LogP contribution in [-0.2, 0) is 9.53 Å². The van der Waals surface area contributed by atoms with Gasteiger partial charge in [0, 0.05) is 73.9 Å². The van der Waals surface area contributed by atoms with Gasteiger partial charge in [-0.15, -0.1) is 0 Å². The van der Waals surface area contributed by atoms with E-state index in [-0.39, 0.29) is 22.5 Å². The predicted octanol–water partition coefficient (Wildman–Crippen LogP) is 5.78. The van der Waals surface area contributed by atoms with Gasteiger partial charge in [0.25, 0.3) is 0 Å². The number of amides is 1. The number of carboxylic acids is 1. The van der Waals surface area contributed by atoms with E-state index in [4.69, 9.17) is 9.72 Å². The molecular formula is C36H40FN7O5. The first-order valence-electron chi connectivity index (χ1n) is 16.6. The van der Waals surface area contributed by atoms with Crippen molar-refractivity contribution in [3.63, 3.8) is 0 Å². The zero-order chi connectivity index (χ0) is 34.9. The van der Waals surface area contributed by atoms with Crippen molar-refractivity contribution in [1.82, 2.24) is 24.4 Å². The van der Waals surface area contributed by atoms with Gasteiger partial charge in [0.1, 0.15) is 28.8 Å². The average Bonchev–Trinajstić information content (AvgIpc) is 3.72. The minimum Gasteiger partial charge on any atom is -0.480 e. The molecule has 3 atom stereocenters. The molecule has 2 fully saturated rings. The number of carbonyl (C=O) groups is 2. The maximum Gasteiger partial charge on any atom is 0.414 e. The Morgan fingerprint density at radius 3 is 2.65 bits per heavy atom. The standard InChI is InChI=1S/C36H40FN7O5/c1-7-25(34(46)47)44-11-9-28(45)22-12-20(15-39-33(22)44)24-16-38-32-29(31(24)43-10-8-19-17-41(5)18-27(19)43)23-13-21(37)14-26(30(23)40-32)42(6)35(48)49-36(2,3)4/h9,11-16,19,25,27H,7-8,10,17-18H2,1-6H3,(H,38,40)(H,46,47)/t19-,25?,27+/m1/s1. The fraction of sp³-hybridized carbons (Fsp3) is 0.417. The quantitative estimate of drug-likeness (QED) is 0.231. The van der Waals surface area contributed by atoms with Gasteiger partial charge in [-0.25, -0.2) is 23.9 Å². The van der Waals surface area contributed by atoms with Crippen LogP contribution in [0.3, 0.4) is 0 Å². The topological polar surface area (TPSA) is 137 Å². The summed E-state index contributed by atoms with van der Waals surface area (Å²) in [6.07, 6.45) is 5.54. The van der Waals surface area contributed by atoms with Crippen molar-refractivity contribution in [2.75, 3.05) is 43.5 Å². The SMILES string of the molecule is CCC(C(=O)O)n1ccc(=O)c2cc(-c3cnc4[nH]c5c(N(C)C(=O)OC(C)(C)C)cc(F)cc5c4c3N3CC[C@@H]4CN(C)C[C@@H]43)cnc21. The molecule has 13 heteroatoms. The molecule has 1 aromatic carbocycles.